The lowest BCUT2D eigenvalue weighted by atomic mass is 9.88. The fourth-order valence-corrected chi connectivity index (χ4v) is 2.73. The molecule has 3 rings (SSSR count). The van der Waals surface area contributed by atoms with Gasteiger partial charge in [0.1, 0.15) is 11.4 Å². The Labute approximate surface area is 131 Å². The van der Waals surface area contributed by atoms with Gasteiger partial charge >= 0.3 is 0 Å². The third kappa shape index (κ3) is 2.96. The van der Waals surface area contributed by atoms with Crippen molar-refractivity contribution in [3.63, 3.8) is 0 Å². The predicted molar refractivity (Wildman–Crippen MR) is 88.5 cm³/mol. The van der Waals surface area contributed by atoms with Crippen LogP contribution in [0.2, 0.25) is 0 Å². The lowest BCUT2D eigenvalue weighted by Gasteiger charge is -2.34. The van der Waals surface area contributed by atoms with E-state index in [1.54, 1.807) is 0 Å². The Bertz CT molecular complexity index is 697. The molecule has 2 heteroatoms. The minimum absolute atomic E-state index is 0.0648. The van der Waals surface area contributed by atoms with Crippen LogP contribution in [0.25, 0.3) is 5.76 Å². The van der Waals surface area contributed by atoms with Crippen molar-refractivity contribution in [2.45, 2.75) is 32.3 Å². The molecule has 0 unspecified atom stereocenters. The maximum Gasteiger partial charge on any atom is 0.192 e. The summed E-state index contributed by atoms with van der Waals surface area (Å²) in [7, 11) is 0. The summed E-state index contributed by atoms with van der Waals surface area (Å²) in [5, 5.41) is 0. The summed E-state index contributed by atoms with van der Waals surface area (Å²) in [5.41, 5.74) is 2.21. The Hall–Kier alpha value is -2.35. The molecular weight excluding hydrogens is 272 g/mol. The lowest BCUT2D eigenvalue weighted by molar-refractivity contribution is 0.0545. The van der Waals surface area contributed by atoms with Gasteiger partial charge in [0.05, 0.1) is 0 Å². The van der Waals surface area contributed by atoms with Crippen LogP contribution in [-0.4, -0.2) is 11.4 Å². The lowest BCUT2D eigenvalue weighted by Crippen LogP contribution is -2.29. The first-order valence-corrected chi connectivity index (χ1v) is 7.64. The third-order valence-corrected chi connectivity index (χ3v) is 3.98. The fraction of sp³-hybridized carbons (Fsp3) is 0.250. The van der Waals surface area contributed by atoms with E-state index in [1.165, 1.54) is 0 Å². The van der Waals surface area contributed by atoms with E-state index in [-0.39, 0.29) is 11.4 Å². The number of rotatable bonds is 3. The molecule has 0 fully saturated rings. The number of carbonyl (C=O) groups excluding carboxylic acids is 1. The number of hydrogen-bond donors (Lipinski definition) is 0. The van der Waals surface area contributed by atoms with Gasteiger partial charge in [-0.15, -0.1) is 0 Å². The van der Waals surface area contributed by atoms with Gasteiger partial charge in [0.15, 0.2) is 5.78 Å². The highest BCUT2D eigenvalue weighted by Crippen LogP contribution is 2.37. The zero-order valence-electron chi connectivity index (χ0n) is 13.0. The number of ketones is 1. The van der Waals surface area contributed by atoms with E-state index in [4.69, 9.17) is 4.74 Å². The number of benzene rings is 2. The van der Waals surface area contributed by atoms with Crippen molar-refractivity contribution in [3.8, 4) is 0 Å². The van der Waals surface area contributed by atoms with Crippen molar-refractivity contribution in [2.75, 3.05) is 0 Å². The number of Topliss-reactive ketones (excluding diaryl/α,β-unsaturated/α-hetero) is 1. The van der Waals surface area contributed by atoms with E-state index < -0.39 is 0 Å². The Morgan fingerprint density at radius 2 is 1.55 bits per heavy atom. The monoisotopic (exact) mass is 292 g/mol. The van der Waals surface area contributed by atoms with E-state index in [2.05, 4.69) is 13.8 Å². The molecule has 22 heavy (non-hydrogen) atoms. The van der Waals surface area contributed by atoms with Gasteiger partial charge in [0.25, 0.3) is 0 Å². The number of allylic oxidation sites excluding steroid dienone is 1. The summed E-state index contributed by atoms with van der Waals surface area (Å²) in [6.07, 6.45) is 1.59. The van der Waals surface area contributed by atoms with E-state index in [0.717, 1.165) is 29.7 Å². The highest BCUT2D eigenvalue weighted by molar-refractivity contribution is 6.12. The van der Waals surface area contributed by atoms with E-state index in [9.17, 15) is 4.79 Å². The molecule has 0 amide bonds. The van der Waals surface area contributed by atoms with Gasteiger partial charge in [-0.2, -0.15) is 0 Å². The summed E-state index contributed by atoms with van der Waals surface area (Å²) >= 11 is 0. The summed E-state index contributed by atoms with van der Waals surface area (Å²) in [5.74, 6) is 0.792. The van der Waals surface area contributed by atoms with E-state index in [0.29, 0.717) is 5.56 Å². The molecule has 0 aromatic heterocycles. The molecule has 0 atom stereocenters. The van der Waals surface area contributed by atoms with E-state index in [1.807, 2.05) is 60.7 Å². The second kappa shape index (κ2) is 5.80. The summed E-state index contributed by atoms with van der Waals surface area (Å²) in [6.45, 7) is 4.14. The minimum Gasteiger partial charge on any atom is -0.487 e. The second-order valence-electron chi connectivity index (χ2n) is 6.23. The second-order valence-corrected chi connectivity index (χ2v) is 6.23. The molecule has 2 aromatic rings. The van der Waals surface area contributed by atoms with Crippen molar-refractivity contribution in [3.05, 3.63) is 77.4 Å². The largest absolute Gasteiger partial charge is 0.487 e. The van der Waals surface area contributed by atoms with Crippen molar-refractivity contribution >= 4 is 11.5 Å². The molecule has 1 heterocycles. The zero-order chi connectivity index (χ0) is 15.6. The molecule has 1 aliphatic heterocycles. The molecule has 112 valence electrons. The molecule has 0 radical (unpaired) electrons. The Morgan fingerprint density at radius 3 is 2.18 bits per heavy atom. The summed E-state index contributed by atoms with van der Waals surface area (Å²) < 4.78 is 6.17. The smallest absolute Gasteiger partial charge is 0.192 e. The number of carbonyl (C=O) groups is 1. The standard InChI is InChI=1S/C20H20O2/c1-20(2)14-13-17(18(21)15-9-5-3-6-10-15)19(22-20)16-11-7-4-8-12-16/h3-12H,13-14H2,1-2H3. The van der Waals surface area contributed by atoms with Gasteiger partial charge in [0, 0.05) is 16.7 Å². The van der Waals surface area contributed by atoms with Crippen LogP contribution in [0, 0.1) is 0 Å². The van der Waals surface area contributed by atoms with Gasteiger partial charge in [0.2, 0.25) is 0 Å². The fourth-order valence-electron chi connectivity index (χ4n) is 2.73. The Morgan fingerprint density at radius 1 is 0.955 bits per heavy atom. The van der Waals surface area contributed by atoms with Crippen LogP contribution in [0.15, 0.2) is 66.2 Å². The molecule has 1 aliphatic rings. The predicted octanol–water partition coefficient (Wildman–Crippen LogP) is 4.87. The quantitative estimate of drug-likeness (QED) is 0.754. The molecule has 2 nitrogen and oxygen atoms in total. The van der Waals surface area contributed by atoms with Crippen LogP contribution >= 0.6 is 0 Å². The average molecular weight is 292 g/mol. The van der Waals surface area contributed by atoms with Crippen LogP contribution in [0.4, 0.5) is 0 Å². The SMILES string of the molecule is CC1(C)CCC(C(=O)c2ccccc2)=C(c2ccccc2)O1. The zero-order valence-corrected chi connectivity index (χ0v) is 13.0. The molecule has 0 N–H and O–H groups in total. The van der Waals surface area contributed by atoms with E-state index >= 15 is 0 Å². The summed E-state index contributed by atoms with van der Waals surface area (Å²) in [4.78, 5) is 12.9. The van der Waals surface area contributed by atoms with Gasteiger partial charge in [-0.05, 0) is 26.7 Å². The Kier molecular flexibility index (Phi) is 3.84. The molecule has 0 spiro atoms. The van der Waals surface area contributed by atoms with Gasteiger partial charge in [-0.1, -0.05) is 60.7 Å². The highest BCUT2D eigenvalue weighted by atomic mass is 16.5. The van der Waals surface area contributed by atoms with Crippen molar-refractivity contribution < 1.29 is 9.53 Å². The van der Waals surface area contributed by atoms with Gasteiger partial charge in [-0.3, -0.25) is 4.79 Å². The van der Waals surface area contributed by atoms with Crippen LogP contribution < -0.4 is 0 Å². The first-order chi connectivity index (χ1) is 10.6. The normalized spacial score (nSPS) is 17.0. The van der Waals surface area contributed by atoms with Crippen LogP contribution in [0.1, 0.15) is 42.6 Å². The molecule has 2 aromatic carbocycles. The van der Waals surface area contributed by atoms with Gasteiger partial charge < -0.3 is 4.74 Å². The first-order valence-electron chi connectivity index (χ1n) is 7.64. The van der Waals surface area contributed by atoms with Crippen LogP contribution in [0.3, 0.4) is 0 Å². The molecule has 0 aliphatic carbocycles. The average Bonchev–Trinajstić information content (AvgIpc) is 2.55. The van der Waals surface area contributed by atoms with Crippen LogP contribution in [-0.2, 0) is 4.74 Å². The maximum atomic E-state index is 12.9. The topological polar surface area (TPSA) is 26.3 Å². The Balaban J connectivity index is 2.08. The molecule has 0 saturated heterocycles. The third-order valence-electron chi connectivity index (χ3n) is 3.98. The van der Waals surface area contributed by atoms with Crippen molar-refractivity contribution in [1.29, 1.82) is 0 Å². The summed E-state index contributed by atoms with van der Waals surface area (Å²) in [6, 6.07) is 19.3. The molecule has 0 bridgehead atoms. The van der Waals surface area contributed by atoms with Crippen molar-refractivity contribution in [2.24, 2.45) is 0 Å². The molecular formula is C20H20O2. The first kappa shape index (κ1) is 14.6. The minimum atomic E-state index is -0.244. The maximum absolute atomic E-state index is 12.9. The van der Waals surface area contributed by atoms with Crippen LogP contribution in [0.5, 0.6) is 0 Å². The number of hydrogen-bond acceptors (Lipinski definition) is 2. The van der Waals surface area contributed by atoms with Crippen molar-refractivity contribution in [1.82, 2.24) is 0 Å². The van der Waals surface area contributed by atoms with Gasteiger partial charge in [-0.25, -0.2) is 0 Å². The molecule has 0 saturated carbocycles. The highest BCUT2D eigenvalue weighted by Gasteiger charge is 2.32. The number of ether oxygens (including phenoxy) is 1.